The molecule has 138 valence electrons. The largest absolute Gasteiger partial charge is 0.478 e. The number of benzene rings is 2. The molecule has 0 fully saturated rings. The van der Waals surface area contributed by atoms with E-state index in [2.05, 4.69) is 5.32 Å². The summed E-state index contributed by atoms with van der Waals surface area (Å²) in [5, 5.41) is 12.0. The lowest BCUT2D eigenvalue weighted by molar-refractivity contribution is -0.145. The lowest BCUT2D eigenvalue weighted by Gasteiger charge is -2.27. The zero-order valence-corrected chi connectivity index (χ0v) is 15.0. The Morgan fingerprint density at radius 1 is 1.15 bits per heavy atom. The maximum atomic E-state index is 12.9. The first-order valence-electron chi connectivity index (χ1n) is 8.21. The monoisotopic (exact) mass is 359 g/mol. The van der Waals surface area contributed by atoms with Gasteiger partial charge in [0.2, 0.25) is 12.0 Å². The van der Waals surface area contributed by atoms with Crippen LogP contribution in [-0.4, -0.2) is 29.6 Å². The molecule has 5 nitrogen and oxygen atoms in total. The second-order valence-corrected chi connectivity index (χ2v) is 6.55. The molecular formula is C20H22FNO4. The van der Waals surface area contributed by atoms with Crippen molar-refractivity contribution in [3.63, 3.8) is 0 Å². The van der Waals surface area contributed by atoms with E-state index < -0.39 is 23.3 Å². The van der Waals surface area contributed by atoms with E-state index in [9.17, 15) is 19.1 Å². The first-order valence-corrected chi connectivity index (χ1v) is 8.21. The number of carboxylic acid groups (broad SMARTS) is 1. The van der Waals surface area contributed by atoms with Crippen molar-refractivity contribution in [1.29, 1.82) is 0 Å². The predicted octanol–water partition coefficient (Wildman–Crippen LogP) is 3.06. The average Bonchev–Trinajstić information content (AvgIpc) is 2.59. The number of aliphatic carboxylic acids is 1. The van der Waals surface area contributed by atoms with Gasteiger partial charge < -0.3 is 15.2 Å². The Morgan fingerprint density at radius 3 is 2.35 bits per heavy atom. The van der Waals surface area contributed by atoms with E-state index in [1.165, 1.54) is 24.3 Å². The summed E-state index contributed by atoms with van der Waals surface area (Å²) in [6.07, 6.45) is -1.28. The van der Waals surface area contributed by atoms with Crippen LogP contribution in [0.3, 0.4) is 0 Å². The quantitative estimate of drug-likeness (QED) is 0.797. The highest BCUT2D eigenvalue weighted by Gasteiger charge is 2.32. The normalized spacial score (nSPS) is 12.3. The zero-order chi connectivity index (χ0) is 19.3. The summed E-state index contributed by atoms with van der Waals surface area (Å²) in [7, 11) is 0. The highest BCUT2D eigenvalue weighted by Crippen LogP contribution is 2.26. The molecule has 0 bridgehead atoms. The molecule has 0 aliphatic heterocycles. The molecule has 6 heteroatoms. The summed E-state index contributed by atoms with van der Waals surface area (Å²) in [4.78, 5) is 24.0. The van der Waals surface area contributed by atoms with Crippen LogP contribution in [0.25, 0.3) is 0 Å². The summed E-state index contributed by atoms with van der Waals surface area (Å²) in [6, 6.07) is 12.6. The average molecular weight is 359 g/mol. The number of carbonyl (C=O) groups is 2. The standard InChI is InChI=1S/C20H22FNO4/c1-13-6-4-5-7-16(13)20(2,3)19(25)22-12-17(18(23)24)26-15-10-8-14(21)9-11-15/h4-11,17H,12H2,1-3H3,(H,22,25)(H,23,24). The van der Waals surface area contributed by atoms with Gasteiger partial charge in [0.1, 0.15) is 11.6 Å². The van der Waals surface area contributed by atoms with E-state index in [1.807, 2.05) is 31.2 Å². The van der Waals surface area contributed by atoms with Gasteiger partial charge in [0, 0.05) is 0 Å². The van der Waals surface area contributed by atoms with Crippen LogP contribution in [0.15, 0.2) is 48.5 Å². The highest BCUT2D eigenvalue weighted by atomic mass is 19.1. The lowest BCUT2D eigenvalue weighted by Crippen LogP contribution is -2.46. The van der Waals surface area contributed by atoms with Crippen LogP contribution in [0, 0.1) is 12.7 Å². The van der Waals surface area contributed by atoms with E-state index in [-0.39, 0.29) is 18.2 Å². The van der Waals surface area contributed by atoms with Crippen molar-refractivity contribution in [1.82, 2.24) is 5.32 Å². The molecule has 1 unspecified atom stereocenters. The Kier molecular flexibility index (Phi) is 5.97. The first kappa shape index (κ1) is 19.4. The molecule has 0 aliphatic carbocycles. The number of halogens is 1. The predicted molar refractivity (Wildman–Crippen MR) is 95.7 cm³/mol. The molecule has 0 aliphatic rings. The summed E-state index contributed by atoms with van der Waals surface area (Å²) >= 11 is 0. The molecule has 0 aromatic heterocycles. The first-order chi connectivity index (χ1) is 12.2. The summed E-state index contributed by atoms with van der Waals surface area (Å²) in [6.45, 7) is 5.27. The van der Waals surface area contributed by atoms with Crippen LogP contribution in [0.5, 0.6) is 5.75 Å². The van der Waals surface area contributed by atoms with E-state index in [1.54, 1.807) is 13.8 Å². The lowest BCUT2D eigenvalue weighted by atomic mass is 9.81. The third-order valence-electron chi connectivity index (χ3n) is 4.20. The second-order valence-electron chi connectivity index (χ2n) is 6.55. The minimum absolute atomic E-state index is 0.207. The second kappa shape index (κ2) is 7.99. The van der Waals surface area contributed by atoms with Crippen LogP contribution in [0.2, 0.25) is 0 Å². The van der Waals surface area contributed by atoms with Gasteiger partial charge in [-0.2, -0.15) is 0 Å². The number of amides is 1. The van der Waals surface area contributed by atoms with E-state index >= 15 is 0 Å². The minimum atomic E-state index is -1.28. The SMILES string of the molecule is Cc1ccccc1C(C)(C)C(=O)NCC(Oc1ccc(F)cc1)C(=O)O. The zero-order valence-electron chi connectivity index (χ0n) is 15.0. The molecule has 0 heterocycles. The number of hydrogen-bond donors (Lipinski definition) is 2. The van der Waals surface area contributed by atoms with Crippen molar-refractivity contribution >= 4 is 11.9 Å². The topological polar surface area (TPSA) is 75.6 Å². The van der Waals surface area contributed by atoms with Gasteiger partial charge in [0.25, 0.3) is 0 Å². The Balaban J connectivity index is 2.06. The number of rotatable bonds is 7. The highest BCUT2D eigenvalue weighted by molar-refractivity contribution is 5.88. The van der Waals surface area contributed by atoms with Crippen LogP contribution >= 0.6 is 0 Å². The number of ether oxygens (including phenoxy) is 1. The van der Waals surface area contributed by atoms with Gasteiger partial charge in [-0.15, -0.1) is 0 Å². The van der Waals surface area contributed by atoms with E-state index in [0.717, 1.165) is 11.1 Å². The van der Waals surface area contributed by atoms with Crippen molar-refractivity contribution in [3.8, 4) is 5.75 Å². The number of carboxylic acids is 1. The number of nitrogens with one attached hydrogen (secondary N) is 1. The van der Waals surface area contributed by atoms with Crippen LogP contribution in [0.1, 0.15) is 25.0 Å². The van der Waals surface area contributed by atoms with Gasteiger partial charge in [0.15, 0.2) is 0 Å². The van der Waals surface area contributed by atoms with Crippen molar-refractivity contribution in [3.05, 3.63) is 65.5 Å². The Labute approximate surface area is 151 Å². The van der Waals surface area contributed by atoms with E-state index in [4.69, 9.17) is 4.74 Å². The number of carbonyl (C=O) groups excluding carboxylic acids is 1. The van der Waals surface area contributed by atoms with Gasteiger partial charge >= 0.3 is 5.97 Å². The molecule has 0 spiro atoms. The minimum Gasteiger partial charge on any atom is -0.478 e. The maximum Gasteiger partial charge on any atom is 0.346 e. The van der Waals surface area contributed by atoms with Crippen LogP contribution < -0.4 is 10.1 Å². The van der Waals surface area contributed by atoms with Crippen LogP contribution in [-0.2, 0) is 15.0 Å². The Hall–Kier alpha value is -2.89. The van der Waals surface area contributed by atoms with Crippen molar-refractivity contribution in [2.75, 3.05) is 6.54 Å². The van der Waals surface area contributed by atoms with Gasteiger partial charge in [0.05, 0.1) is 12.0 Å². The fraction of sp³-hybridized carbons (Fsp3) is 0.300. The molecule has 0 saturated carbocycles. The molecule has 1 atom stereocenters. The fourth-order valence-electron chi connectivity index (χ4n) is 2.66. The van der Waals surface area contributed by atoms with Gasteiger partial charge in [-0.05, 0) is 56.2 Å². The van der Waals surface area contributed by atoms with Crippen molar-refractivity contribution in [2.24, 2.45) is 0 Å². The molecule has 2 rings (SSSR count). The summed E-state index contributed by atoms with van der Waals surface area (Å²) in [5.41, 5.74) is 1.01. The smallest absolute Gasteiger partial charge is 0.346 e. The summed E-state index contributed by atoms with van der Waals surface area (Å²) in [5.74, 6) is -1.76. The third kappa shape index (κ3) is 4.59. The van der Waals surface area contributed by atoms with Crippen LogP contribution in [0.4, 0.5) is 4.39 Å². The van der Waals surface area contributed by atoms with Gasteiger partial charge in [-0.3, -0.25) is 4.79 Å². The molecule has 2 aromatic carbocycles. The summed E-state index contributed by atoms with van der Waals surface area (Å²) < 4.78 is 18.3. The maximum absolute atomic E-state index is 12.9. The van der Waals surface area contributed by atoms with Gasteiger partial charge in [-0.1, -0.05) is 24.3 Å². The number of aryl methyl sites for hydroxylation is 1. The molecule has 2 N–H and O–H groups in total. The Bertz CT molecular complexity index is 787. The molecule has 2 aromatic rings. The molecule has 0 saturated heterocycles. The van der Waals surface area contributed by atoms with Gasteiger partial charge in [-0.25, -0.2) is 9.18 Å². The van der Waals surface area contributed by atoms with Crippen molar-refractivity contribution in [2.45, 2.75) is 32.3 Å². The van der Waals surface area contributed by atoms with E-state index in [0.29, 0.717) is 0 Å². The third-order valence-corrected chi connectivity index (χ3v) is 4.20. The van der Waals surface area contributed by atoms with Crippen molar-refractivity contribution < 1.29 is 23.8 Å². The Morgan fingerprint density at radius 2 is 1.77 bits per heavy atom. The fourth-order valence-corrected chi connectivity index (χ4v) is 2.66. The molecular weight excluding hydrogens is 337 g/mol. The number of hydrogen-bond acceptors (Lipinski definition) is 3. The molecule has 26 heavy (non-hydrogen) atoms. The molecule has 0 radical (unpaired) electrons. The molecule has 1 amide bonds.